The van der Waals surface area contributed by atoms with E-state index in [0.29, 0.717) is 18.2 Å². The minimum absolute atomic E-state index is 0.0727. The third-order valence-electron chi connectivity index (χ3n) is 3.29. The first kappa shape index (κ1) is 14.6. The predicted molar refractivity (Wildman–Crippen MR) is 76.5 cm³/mol. The summed E-state index contributed by atoms with van der Waals surface area (Å²) >= 11 is 0. The molecule has 1 unspecified atom stereocenters. The number of hydrogen-bond acceptors (Lipinski definition) is 5. The Balaban J connectivity index is 2.04. The van der Waals surface area contributed by atoms with Gasteiger partial charge in [0.1, 0.15) is 0 Å². The monoisotopic (exact) mass is 278 g/mol. The van der Waals surface area contributed by atoms with Gasteiger partial charge in [0, 0.05) is 19.5 Å². The molecule has 0 radical (unpaired) electrons. The van der Waals surface area contributed by atoms with Crippen molar-refractivity contribution >= 4 is 11.7 Å². The average Bonchev–Trinajstić information content (AvgIpc) is 2.38. The first-order chi connectivity index (χ1) is 9.54. The highest BCUT2D eigenvalue weighted by Crippen LogP contribution is 2.24. The summed E-state index contributed by atoms with van der Waals surface area (Å²) in [6, 6.07) is 0. The van der Waals surface area contributed by atoms with E-state index in [9.17, 15) is 4.79 Å². The van der Waals surface area contributed by atoms with Crippen molar-refractivity contribution in [2.75, 3.05) is 18.0 Å². The lowest BCUT2D eigenvalue weighted by Crippen LogP contribution is -2.37. The lowest BCUT2D eigenvalue weighted by atomic mass is 9.94. The molecule has 6 heteroatoms. The van der Waals surface area contributed by atoms with E-state index in [-0.39, 0.29) is 12.0 Å². The Labute approximate surface area is 119 Å². The molecule has 20 heavy (non-hydrogen) atoms. The molecule has 1 fully saturated rings. The maximum Gasteiger partial charge on any atom is 0.234 e. The molecule has 1 amide bonds. The summed E-state index contributed by atoms with van der Waals surface area (Å²) < 4.78 is 5.56. The number of ether oxygens (including phenoxy) is 1. The summed E-state index contributed by atoms with van der Waals surface area (Å²) in [6.45, 7) is 5.63. The van der Waals surface area contributed by atoms with Gasteiger partial charge < -0.3 is 15.4 Å². The SMILES string of the molecule is CC(C)Oc1cncc(N2CCCC(CC(N)=O)C2)n1. The van der Waals surface area contributed by atoms with Crippen LogP contribution in [0, 0.1) is 5.92 Å². The van der Waals surface area contributed by atoms with Gasteiger partial charge in [-0.1, -0.05) is 0 Å². The lowest BCUT2D eigenvalue weighted by Gasteiger charge is -2.33. The minimum atomic E-state index is -0.236. The number of primary amides is 1. The van der Waals surface area contributed by atoms with Crippen molar-refractivity contribution in [2.24, 2.45) is 11.7 Å². The molecule has 0 saturated carbocycles. The van der Waals surface area contributed by atoms with E-state index in [2.05, 4.69) is 14.9 Å². The third-order valence-corrected chi connectivity index (χ3v) is 3.29. The molecule has 2 N–H and O–H groups in total. The van der Waals surface area contributed by atoms with Gasteiger partial charge in [-0.25, -0.2) is 0 Å². The van der Waals surface area contributed by atoms with E-state index in [1.807, 2.05) is 13.8 Å². The Hall–Kier alpha value is -1.85. The molecule has 1 aromatic heterocycles. The summed E-state index contributed by atoms with van der Waals surface area (Å²) in [4.78, 5) is 21.8. The second kappa shape index (κ2) is 6.54. The molecule has 110 valence electrons. The van der Waals surface area contributed by atoms with Gasteiger partial charge in [0.15, 0.2) is 5.82 Å². The van der Waals surface area contributed by atoms with Crippen molar-refractivity contribution in [1.82, 2.24) is 9.97 Å². The van der Waals surface area contributed by atoms with E-state index >= 15 is 0 Å². The van der Waals surface area contributed by atoms with Crippen LogP contribution in [0.1, 0.15) is 33.1 Å². The summed E-state index contributed by atoms with van der Waals surface area (Å²) in [7, 11) is 0. The van der Waals surface area contributed by atoms with E-state index in [0.717, 1.165) is 31.7 Å². The van der Waals surface area contributed by atoms with E-state index < -0.39 is 0 Å². The van der Waals surface area contributed by atoms with Crippen LogP contribution in [0.4, 0.5) is 5.82 Å². The second-order valence-electron chi connectivity index (χ2n) is 5.51. The van der Waals surface area contributed by atoms with E-state index in [4.69, 9.17) is 10.5 Å². The van der Waals surface area contributed by atoms with Gasteiger partial charge >= 0.3 is 0 Å². The predicted octanol–water partition coefficient (Wildman–Crippen LogP) is 1.36. The number of anilines is 1. The number of aromatic nitrogens is 2. The largest absolute Gasteiger partial charge is 0.474 e. The number of nitrogens with zero attached hydrogens (tertiary/aromatic N) is 3. The summed E-state index contributed by atoms with van der Waals surface area (Å²) in [5, 5.41) is 0. The molecule has 1 aromatic rings. The Morgan fingerprint density at radius 3 is 3.05 bits per heavy atom. The van der Waals surface area contributed by atoms with Crippen LogP contribution in [0.5, 0.6) is 5.88 Å². The van der Waals surface area contributed by atoms with Crippen LogP contribution in [0.3, 0.4) is 0 Å². The van der Waals surface area contributed by atoms with Crippen LogP contribution in [-0.2, 0) is 4.79 Å². The zero-order valence-corrected chi connectivity index (χ0v) is 12.1. The Morgan fingerprint density at radius 1 is 1.55 bits per heavy atom. The molecular formula is C14H22N4O2. The summed E-state index contributed by atoms with van der Waals surface area (Å²) in [5.74, 6) is 1.41. The zero-order chi connectivity index (χ0) is 14.5. The molecule has 2 rings (SSSR count). The van der Waals surface area contributed by atoms with Gasteiger partial charge in [-0.2, -0.15) is 4.98 Å². The summed E-state index contributed by atoms with van der Waals surface area (Å²) in [6.07, 6.45) is 5.94. The van der Waals surface area contributed by atoms with Crippen molar-refractivity contribution in [3.8, 4) is 5.88 Å². The molecule has 6 nitrogen and oxygen atoms in total. The molecule has 1 atom stereocenters. The maximum atomic E-state index is 11.0. The molecule has 0 aliphatic carbocycles. The van der Waals surface area contributed by atoms with Crippen molar-refractivity contribution < 1.29 is 9.53 Å². The third kappa shape index (κ3) is 4.08. The Bertz CT molecular complexity index is 464. The molecule has 1 saturated heterocycles. The van der Waals surface area contributed by atoms with Crippen LogP contribution < -0.4 is 15.4 Å². The molecule has 1 aliphatic heterocycles. The molecule has 0 aromatic carbocycles. The highest BCUT2D eigenvalue weighted by Gasteiger charge is 2.22. The summed E-state index contributed by atoms with van der Waals surface area (Å²) in [5.41, 5.74) is 5.28. The number of nitrogens with two attached hydrogens (primary N) is 1. The maximum absolute atomic E-state index is 11.0. The topological polar surface area (TPSA) is 81.3 Å². The molecular weight excluding hydrogens is 256 g/mol. The van der Waals surface area contributed by atoms with Crippen LogP contribution in [0.25, 0.3) is 0 Å². The highest BCUT2D eigenvalue weighted by molar-refractivity contribution is 5.74. The van der Waals surface area contributed by atoms with Gasteiger partial charge in [0.2, 0.25) is 11.8 Å². The number of amides is 1. The number of hydrogen-bond donors (Lipinski definition) is 1. The zero-order valence-electron chi connectivity index (χ0n) is 12.1. The quantitative estimate of drug-likeness (QED) is 0.879. The highest BCUT2D eigenvalue weighted by atomic mass is 16.5. The van der Waals surface area contributed by atoms with Crippen LogP contribution >= 0.6 is 0 Å². The van der Waals surface area contributed by atoms with Crippen LogP contribution in [-0.4, -0.2) is 35.1 Å². The van der Waals surface area contributed by atoms with Crippen molar-refractivity contribution in [3.05, 3.63) is 12.4 Å². The number of piperidine rings is 1. The van der Waals surface area contributed by atoms with Crippen molar-refractivity contribution in [3.63, 3.8) is 0 Å². The molecule has 0 bridgehead atoms. The lowest BCUT2D eigenvalue weighted by molar-refractivity contribution is -0.118. The van der Waals surface area contributed by atoms with Crippen molar-refractivity contribution in [1.29, 1.82) is 0 Å². The molecule has 1 aliphatic rings. The minimum Gasteiger partial charge on any atom is -0.474 e. The van der Waals surface area contributed by atoms with Crippen molar-refractivity contribution in [2.45, 2.75) is 39.2 Å². The Morgan fingerprint density at radius 2 is 2.35 bits per heavy atom. The smallest absolute Gasteiger partial charge is 0.234 e. The van der Waals surface area contributed by atoms with E-state index in [1.54, 1.807) is 12.4 Å². The average molecular weight is 278 g/mol. The van der Waals surface area contributed by atoms with Crippen LogP contribution in [0.2, 0.25) is 0 Å². The first-order valence-corrected chi connectivity index (χ1v) is 7.06. The Kier molecular flexibility index (Phi) is 4.76. The van der Waals surface area contributed by atoms with Gasteiger partial charge in [-0.15, -0.1) is 0 Å². The molecule has 2 heterocycles. The fourth-order valence-electron chi connectivity index (χ4n) is 2.51. The van der Waals surface area contributed by atoms with Gasteiger partial charge in [-0.3, -0.25) is 9.78 Å². The fourth-order valence-corrected chi connectivity index (χ4v) is 2.51. The standard InChI is InChI=1S/C14H22N4O2/c1-10(2)20-14-8-16-7-13(17-14)18-5-3-4-11(9-18)6-12(15)19/h7-8,10-11H,3-6,9H2,1-2H3,(H2,15,19). The normalized spacial score (nSPS) is 19.1. The number of carbonyl (C=O) groups is 1. The van der Waals surface area contributed by atoms with E-state index in [1.165, 1.54) is 0 Å². The molecule has 0 spiro atoms. The number of carbonyl (C=O) groups excluding carboxylic acids is 1. The van der Waals surface area contributed by atoms with Gasteiger partial charge in [-0.05, 0) is 32.6 Å². The second-order valence-corrected chi connectivity index (χ2v) is 5.51. The first-order valence-electron chi connectivity index (χ1n) is 7.06. The number of rotatable bonds is 5. The van der Waals surface area contributed by atoms with Crippen LogP contribution in [0.15, 0.2) is 12.4 Å². The van der Waals surface area contributed by atoms with Gasteiger partial charge in [0.25, 0.3) is 0 Å². The fraction of sp³-hybridized carbons (Fsp3) is 0.643. The van der Waals surface area contributed by atoms with Gasteiger partial charge in [0.05, 0.1) is 18.5 Å².